The van der Waals surface area contributed by atoms with Gasteiger partial charge in [-0.05, 0) is 16.7 Å². The molecule has 23 heavy (non-hydrogen) atoms. The van der Waals surface area contributed by atoms with E-state index in [-0.39, 0.29) is 5.92 Å². The molecule has 116 valence electrons. The molecule has 2 heteroatoms. The van der Waals surface area contributed by atoms with E-state index in [2.05, 4.69) is 24.3 Å². The van der Waals surface area contributed by atoms with Crippen LogP contribution in [0.1, 0.15) is 22.6 Å². The highest BCUT2D eigenvalue weighted by Gasteiger charge is 2.39. The largest absolute Gasteiger partial charge is 0.380 e. The van der Waals surface area contributed by atoms with Crippen molar-refractivity contribution >= 4 is 10.2 Å². The zero-order valence-electron chi connectivity index (χ0n) is 13.4. The molecule has 0 aliphatic carbocycles. The summed E-state index contributed by atoms with van der Waals surface area (Å²) in [6.45, 7) is 0. The van der Waals surface area contributed by atoms with E-state index in [0.29, 0.717) is 0 Å². The van der Waals surface area contributed by atoms with Gasteiger partial charge < -0.3 is 5.11 Å². The first kappa shape index (κ1) is 15.7. The SMILES string of the molecule is OC(c1ccccc1)(c1ccccc1)C(C[SiH3])c1ccccc1. The van der Waals surface area contributed by atoms with Crippen molar-refractivity contribution in [3.63, 3.8) is 0 Å². The van der Waals surface area contributed by atoms with Gasteiger partial charge in [-0.1, -0.05) is 97.0 Å². The second-order valence-corrected chi connectivity index (χ2v) is 6.69. The van der Waals surface area contributed by atoms with Gasteiger partial charge in [0.2, 0.25) is 0 Å². The first-order valence-corrected chi connectivity index (χ1v) is 9.56. The van der Waals surface area contributed by atoms with E-state index in [9.17, 15) is 5.11 Å². The zero-order valence-corrected chi connectivity index (χ0v) is 15.4. The molecule has 1 nitrogen and oxygen atoms in total. The van der Waals surface area contributed by atoms with Crippen molar-refractivity contribution in [3.8, 4) is 0 Å². The van der Waals surface area contributed by atoms with Gasteiger partial charge in [-0.3, -0.25) is 0 Å². The number of aliphatic hydroxyl groups is 1. The highest BCUT2D eigenvalue weighted by Crippen LogP contribution is 2.44. The quantitative estimate of drug-likeness (QED) is 0.714. The molecule has 0 saturated heterocycles. The van der Waals surface area contributed by atoms with Crippen molar-refractivity contribution in [3.05, 3.63) is 108 Å². The Labute approximate surface area is 141 Å². The molecule has 0 radical (unpaired) electrons. The maximum Gasteiger partial charge on any atom is 0.121 e. The molecular weight excluding hydrogens is 296 g/mol. The van der Waals surface area contributed by atoms with Gasteiger partial charge in [-0.2, -0.15) is 0 Å². The first-order valence-electron chi connectivity index (χ1n) is 8.15. The maximum atomic E-state index is 11.9. The Kier molecular flexibility index (Phi) is 4.75. The summed E-state index contributed by atoms with van der Waals surface area (Å²) in [6, 6.07) is 31.5. The van der Waals surface area contributed by atoms with Crippen LogP contribution in [0.4, 0.5) is 0 Å². The van der Waals surface area contributed by atoms with E-state index in [1.165, 1.54) is 5.56 Å². The molecule has 1 N–H and O–H groups in total. The summed E-state index contributed by atoms with van der Waals surface area (Å²) in [5, 5.41) is 11.9. The lowest BCUT2D eigenvalue weighted by atomic mass is 9.74. The van der Waals surface area contributed by atoms with Crippen molar-refractivity contribution in [1.82, 2.24) is 0 Å². The average molecular weight is 318 g/mol. The Morgan fingerprint density at radius 1 is 0.696 bits per heavy atom. The third kappa shape index (κ3) is 3.00. The lowest BCUT2D eigenvalue weighted by Gasteiger charge is -2.37. The predicted molar refractivity (Wildman–Crippen MR) is 99.8 cm³/mol. The van der Waals surface area contributed by atoms with Gasteiger partial charge in [0.1, 0.15) is 5.60 Å². The smallest absolute Gasteiger partial charge is 0.121 e. The lowest BCUT2D eigenvalue weighted by Crippen LogP contribution is -2.35. The summed E-state index contributed by atoms with van der Waals surface area (Å²) in [5.74, 6) is 0.0557. The summed E-state index contributed by atoms with van der Waals surface area (Å²) < 4.78 is 0. The van der Waals surface area contributed by atoms with E-state index in [0.717, 1.165) is 27.4 Å². The summed E-state index contributed by atoms with van der Waals surface area (Å²) >= 11 is 0. The second-order valence-electron chi connectivity index (χ2n) is 5.87. The van der Waals surface area contributed by atoms with Crippen LogP contribution in [0.25, 0.3) is 0 Å². The van der Waals surface area contributed by atoms with Crippen LogP contribution in [0.3, 0.4) is 0 Å². The van der Waals surface area contributed by atoms with Crippen molar-refractivity contribution in [2.24, 2.45) is 0 Å². The summed E-state index contributed by atoms with van der Waals surface area (Å²) in [6.07, 6.45) is 0. The van der Waals surface area contributed by atoms with E-state index in [4.69, 9.17) is 0 Å². The molecule has 3 aromatic rings. The highest BCUT2D eigenvalue weighted by atomic mass is 28.1. The molecule has 0 aliphatic heterocycles. The second kappa shape index (κ2) is 6.94. The molecule has 0 heterocycles. The number of hydrogen-bond acceptors (Lipinski definition) is 1. The maximum absolute atomic E-state index is 11.9. The molecule has 0 amide bonds. The van der Waals surface area contributed by atoms with Gasteiger partial charge in [0, 0.05) is 16.2 Å². The number of rotatable bonds is 5. The third-order valence-electron chi connectivity index (χ3n) is 4.54. The molecule has 0 bridgehead atoms. The molecule has 1 unspecified atom stereocenters. The Balaban J connectivity index is 2.19. The van der Waals surface area contributed by atoms with Gasteiger partial charge in [0.15, 0.2) is 0 Å². The fraction of sp³-hybridized carbons (Fsp3) is 0.143. The van der Waals surface area contributed by atoms with Crippen LogP contribution in [0, 0.1) is 0 Å². The molecule has 0 spiro atoms. The van der Waals surface area contributed by atoms with Crippen LogP contribution in [0.5, 0.6) is 0 Å². The van der Waals surface area contributed by atoms with Gasteiger partial charge in [-0.25, -0.2) is 0 Å². The molecule has 0 aliphatic rings. The van der Waals surface area contributed by atoms with E-state index < -0.39 is 5.60 Å². The van der Waals surface area contributed by atoms with Gasteiger partial charge in [0.05, 0.1) is 0 Å². The molecule has 1 atom stereocenters. The van der Waals surface area contributed by atoms with Gasteiger partial charge in [-0.15, -0.1) is 0 Å². The van der Waals surface area contributed by atoms with Crippen LogP contribution in [0.2, 0.25) is 6.04 Å². The zero-order chi connectivity index (χ0) is 16.1. The molecule has 0 fully saturated rings. The molecule has 0 aromatic heterocycles. The summed E-state index contributed by atoms with van der Waals surface area (Å²) in [4.78, 5) is 0. The monoisotopic (exact) mass is 318 g/mol. The fourth-order valence-corrected chi connectivity index (χ4v) is 4.47. The standard InChI is InChI=1S/C21H22OSi/c22-21(18-12-6-2-7-13-18,19-14-8-3-9-15-19)20(16-23)17-10-4-1-5-11-17/h1-15,20,22H,16H2,23H3. The Hall–Kier alpha value is -2.16. The number of benzene rings is 3. The Morgan fingerprint density at radius 3 is 1.48 bits per heavy atom. The average Bonchev–Trinajstić information content (AvgIpc) is 2.64. The lowest BCUT2D eigenvalue weighted by molar-refractivity contribution is 0.0557. The van der Waals surface area contributed by atoms with Crippen molar-refractivity contribution in [2.75, 3.05) is 0 Å². The van der Waals surface area contributed by atoms with Crippen LogP contribution >= 0.6 is 0 Å². The van der Waals surface area contributed by atoms with Crippen LogP contribution in [-0.4, -0.2) is 15.3 Å². The molecule has 3 aromatic carbocycles. The van der Waals surface area contributed by atoms with E-state index in [1.807, 2.05) is 66.7 Å². The van der Waals surface area contributed by atoms with Gasteiger partial charge >= 0.3 is 0 Å². The minimum atomic E-state index is -1.01. The highest BCUT2D eigenvalue weighted by molar-refractivity contribution is 6.09. The molecule has 0 saturated carbocycles. The summed E-state index contributed by atoms with van der Waals surface area (Å²) in [5.41, 5.74) is 2.09. The normalized spacial score (nSPS) is 12.9. The predicted octanol–water partition coefficient (Wildman–Crippen LogP) is 3.49. The third-order valence-corrected chi connectivity index (χ3v) is 5.36. The van der Waals surface area contributed by atoms with Crippen molar-refractivity contribution in [1.29, 1.82) is 0 Å². The summed E-state index contributed by atoms with van der Waals surface area (Å²) in [7, 11) is 1.03. The van der Waals surface area contributed by atoms with E-state index >= 15 is 0 Å². The topological polar surface area (TPSA) is 20.2 Å². The van der Waals surface area contributed by atoms with Gasteiger partial charge in [0.25, 0.3) is 0 Å². The first-order chi connectivity index (χ1) is 11.3. The minimum absolute atomic E-state index is 0.0557. The number of hydrogen-bond donors (Lipinski definition) is 1. The van der Waals surface area contributed by atoms with Crippen molar-refractivity contribution in [2.45, 2.75) is 17.6 Å². The van der Waals surface area contributed by atoms with Crippen molar-refractivity contribution < 1.29 is 5.11 Å². The molecular formula is C21H22OSi. The van der Waals surface area contributed by atoms with Crippen LogP contribution in [-0.2, 0) is 5.60 Å². The Bertz CT molecular complexity index is 686. The van der Waals surface area contributed by atoms with E-state index in [1.54, 1.807) is 0 Å². The Morgan fingerprint density at radius 2 is 1.09 bits per heavy atom. The molecule has 3 rings (SSSR count). The van der Waals surface area contributed by atoms with Crippen LogP contribution < -0.4 is 0 Å². The fourth-order valence-electron chi connectivity index (χ4n) is 3.41. The minimum Gasteiger partial charge on any atom is -0.380 e. The van der Waals surface area contributed by atoms with Crippen LogP contribution in [0.15, 0.2) is 91.0 Å².